The molecule has 13 heteroatoms. The number of nitrogens with zero attached hydrogens (tertiary/aromatic N) is 5. The van der Waals surface area contributed by atoms with Crippen LogP contribution in [-0.4, -0.2) is 95.3 Å². The van der Waals surface area contributed by atoms with E-state index in [1.54, 1.807) is 47.3 Å². The Bertz CT molecular complexity index is 2060. The zero-order valence-corrected chi connectivity index (χ0v) is 29.4. The van der Waals surface area contributed by atoms with Gasteiger partial charge in [0.1, 0.15) is 9.84 Å². The highest BCUT2D eigenvalue weighted by Gasteiger charge is 2.38. The summed E-state index contributed by atoms with van der Waals surface area (Å²) >= 11 is 0. The summed E-state index contributed by atoms with van der Waals surface area (Å²) in [5.41, 5.74) is 4.79. The van der Waals surface area contributed by atoms with Crippen LogP contribution in [-0.2, 0) is 27.7 Å². The van der Waals surface area contributed by atoms with Crippen molar-refractivity contribution in [1.82, 2.24) is 19.4 Å². The lowest BCUT2D eigenvalue weighted by atomic mass is 9.93. The topological polar surface area (TPSA) is 142 Å². The van der Waals surface area contributed by atoms with Crippen LogP contribution in [0.25, 0.3) is 33.4 Å². The number of anilines is 1. The number of sulfone groups is 1. The molecule has 0 atom stereocenters. The molecule has 0 radical (unpaired) electrons. The number of esters is 1. The molecule has 0 bridgehead atoms. The van der Waals surface area contributed by atoms with Gasteiger partial charge in [-0.3, -0.25) is 9.80 Å². The lowest BCUT2D eigenvalue weighted by molar-refractivity contribution is 0.0600. The summed E-state index contributed by atoms with van der Waals surface area (Å²) in [6.07, 6.45) is 2.83. The Labute approximate surface area is 285 Å². The number of rotatable bonds is 6. The van der Waals surface area contributed by atoms with Crippen LogP contribution in [0.5, 0.6) is 0 Å². The van der Waals surface area contributed by atoms with Gasteiger partial charge in [-0.2, -0.15) is 0 Å². The quantitative estimate of drug-likeness (QED) is 0.247. The van der Waals surface area contributed by atoms with Crippen molar-refractivity contribution in [3.8, 4) is 22.4 Å². The standard InChI is InChI=1S/C36H41N5O7S/c1-36(2,3)40-21-27-28(38(4)34(40)43)19-37-32-30(27)29(23-11-13-25(14-12-23)33(42)48-5)31(41(32)35(44)45)24-9-7-22(8-10-24)20-39-17-15-26(16-18-39)49(6,46)47/h7-14,19,26H,15-18,20-21H2,1-6H3,(H,44,45). The molecule has 1 N–H and O–H groups in total. The summed E-state index contributed by atoms with van der Waals surface area (Å²) in [6, 6.07) is 14.3. The first-order chi connectivity index (χ1) is 23.1. The van der Waals surface area contributed by atoms with Gasteiger partial charge in [0.05, 0.1) is 42.0 Å². The average Bonchev–Trinajstić information content (AvgIpc) is 3.41. The molecular formula is C36H41N5O7S. The summed E-state index contributed by atoms with van der Waals surface area (Å²) < 4.78 is 30.1. The molecular weight excluding hydrogens is 646 g/mol. The Kier molecular flexibility index (Phi) is 8.78. The second-order valence-electron chi connectivity index (χ2n) is 13.8. The third-order valence-corrected chi connectivity index (χ3v) is 11.3. The van der Waals surface area contributed by atoms with Crippen LogP contribution < -0.4 is 4.90 Å². The third kappa shape index (κ3) is 6.28. The molecule has 1 fully saturated rings. The van der Waals surface area contributed by atoms with E-state index in [1.165, 1.54) is 17.9 Å². The van der Waals surface area contributed by atoms with Crippen molar-refractivity contribution in [1.29, 1.82) is 0 Å². The van der Waals surface area contributed by atoms with E-state index >= 15 is 0 Å². The highest BCUT2D eigenvalue weighted by molar-refractivity contribution is 7.91. The van der Waals surface area contributed by atoms with E-state index < -0.39 is 27.4 Å². The molecule has 12 nitrogen and oxygen atoms in total. The fourth-order valence-electron chi connectivity index (χ4n) is 6.93. The minimum absolute atomic E-state index is 0.181. The zero-order chi connectivity index (χ0) is 35.4. The number of amides is 2. The van der Waals surface area contributed by atoms with Gasteiger partial charge in [0.2, 0.25) is 0 Å². The molecule has 258 valence electrons. The van der Waals surface area contributed by atoms with Crippen molar-refractivity contribution in [3.05, 3.63) is 71.4 Å². The molecule has 2 aromatic heterocycles. The first-order valence-electron chi connectivity index (χ1n) is 16.1. The van der Waals surface area contributed by atoms with Crippen molar-refractivity contribution in [2.75, 3.05) is 38.4 Å². The molecule has 2 aliphatic heterocycles. The van der Waals surface area contributed by atoms with Gasteiger partial charge in [0.15, 0.2) is 5.65 Å². The maximum Gasteiger partial charge on any atom is 0.417 e. The molecule has 0 unspecified atom stereocenters. The summed E-state index contributed by atoms with van der Waals surface area (Å²) in [6.45, 7) is 8.11. The fraction of sp³-hybridized carbons (Fsp3) is 0.389. The van der Waals surface area contributed by atoms with Crippen LogP contribution in [0.3, 0.4) is 0 Å². The number of carboxylic acid groups (broad SMARTS) is 1. The Morgan fingerprint density at radius 2 is 1.61 bits per heavy atom. The highest BCUT2D eigenvalue weighted by atomic mass is 32.2. The average molecular weight is 688 g/mol. The van der Waals surface area contributed by atoms with E-state index in [1.807, 2.05) is 45.0 Å². The second-order valence-corrected chi connectivity index (χ2v) is 16.2. The number of ether oxygens (including phenoxy) is 1. The molecule has 1 saturated heterocycles. The maximum absolute atomic E-state index is 13.4. The van der Waals surface area contributed by atoms with Crippen molar-refractivity contribution < 1.29 is 32.6 Å². The first kappa shape index (κ1) is 34.1. The van der Waals surface area contributed by atoms with Crippen molar-refractivity contribution in [3.63, 3.8) is 0 Å². The summed E-state index contributed by atoms with van der Waals surface area (Å²) in [4.78, 5) is 49.0. The third-order valence-electron chi connectivity index (χ3n) is 9.63. The van der Waals surface area contributed by atoms with Crippen LogP contribution in [0, 0.1) is 0 Å². The van der Waals surface area contributed by atoms with Gasteiger partial charge < -0.3 is 14.7 Å². The molecule has 6 rings (SSSR count). The molecule has 2 aliphatic rings. The fourth-order valence-corrected chi connectivity index (χ4v) is 8.00. The van der Waals surface area contributed by atoms with Gasteiger partial charge in [-0.25, -0.2) is 32.4 Å². The van der Waals surface area contributed by atoms with E-state index in [9.17, 15) is 27.9 Å². The number of piperidine rings is 1. The Balaban J connectivity index is 1.51. The number of aromatic nitrogens is 2. The zero-order valence-electron chi connectivity index (χ0n) is 28.6. The summed E-state index contributed by atoms with van der Waals surface area (Å²) in [5, 5.41) is 11.0. The van der Waals surface area contributed by atoms with Crippen molar-refractivity contribution in [2.24, 2.45) is 0 Å². The van der Waals surface area contributed by atoms with E-state index in [2.05, 4.69) is 9.88 Å². The Hall–Kier alpha value is -4.75. The Morgan fingerprint density at radius 3 is 2.16 bits per heavy atom. The minimum atomic E-state index is -3.07. The molecule has 4 aromatic rings. The lowest BCUT2D eigenvalue weighted by Crippen LogP contribution is -2.53. The SMILES string of the molecule is COC(=O)c1ccc(-c2c(-c3ccc(CN4CCC(S(C)(=O)=O)CC4)cc3)n(C(=O)O)c3ncc4c(c23)CN(C(C)(C)C)C(=O)N4C)cc1. The van der Waals surface area contributed by atoms with Crippen LogP contribution in [0.2, 0.25) is 0 Å². The molecule has 4 heterocycles. The van der Waals surface area contributed by atoms with E-state index in [-0.39, 0.29) is 23.5 Å². The van der Waals surface area contributed by atoms with Gasteiger partial charge >= 0.3 is 18.1 Å². The number of likely N-dealkylation sites (tertiary alicyclic amines) is 1. The normalized spacial score (nSPS) is 16.2. The number of benzene rings is 2. The molecule has 49 heavy (non-hydrogen) atoms. The predicted molar refractivity (Wildman–Crippen MR) is 188 cm³/mol. The van der Waals surface area contributed by atoms with Gasteiger partial charge in [0.25, 0.3) is 0 Å². The molecule has 2 aromatic carbocycles. The molecule has 0 saturated carbocycles. The maximum atomic E-state index is 13.4. The Morgan fingerprint density at radius 1 is 1.00 bits per heavy atom. The highest BCUT2D eigenvalue weighted by Crippen LogP contribution is 2.46. The van der Waals surface area contributed by atoms with Gasteiger partial charge in [-0.15, -0.1) is 0 Å². The van der Waals surface area contributed by atoms with Crippen LogP contribution in [0.1, 0.15) is 55.1 Å². The lowest BCUT2D eigenvalue weighted by Gasteiger charge is -2.42. The number of pyridine rings is 1. The van der Waals surface area contributed by atoms with E-state index in [0.717, 1.165) is 11.1 Å². The van der Waals surface area contributed by atoms with Crippen LogP contribution in [0.4, 0.5) is 15.3 Å². The number of carbonyl (C=O) groups excluding carboxylic acids is 2. The number of urea groups is 1. The molecule has 0 spiro atoms. The summed E-state index contributed by atoms with van der Waals surface area (Å²) in [5.74, 6) is -0.490. The number of hydrogen-bond donors (Lipinski definition) is 1. The second kappa shape index (κ2) is 12.6. The molecule has 2 amide bonds. The number of methoxy groups -OCH3 is 1. The van der Waals surface area contributed by atoms with E-state index in [0.29, 0.717) is 71.5 Å². The van der Waals surface area contributed by atoms with Crippen LogP contribution >= 0.6 is 0 Å². The largest absolute Gasteiger partial charge is 0.465 e. The number of carbonyl (C=O) groups is 3. The predicted octanol–water partition coefficient (Wildman–Crippen LogP) is 5.86. The van der Waals surface area contributed by atoms with Crippen molar-refractivity contribution >= 4 is 44.7 Å². The molecule has 0 aliphatic carbocycles. The first-order valence-corrected chi connectivity index (χ1v) is 18.1. The minimum Gasteiger partial charge on any atom is -0.465 e. The van der Waals surface area contributed by atoms with E-state index in [4.69, 9.17) is 4.74 Å². The smallest absolute Gasteiger partial charge is 0.417 e. The van der Waals surface area contributed by atoms with Gasteiger partial charge in [-0.05, 0) is 75.5 Å². The number of fused-ring (bicyclic) bond motifs is 3. The van der Waals surface area contributed by atoms with Crippen LogP contribution in [0.15, 0.2) is 54.7 Å². The van der Waals surface area contributed by atoms with Gasteiger partial charge in [-0.1, -0.05) is 36.4 Å². The van der Waals surface area contributed by atoms with Crippen molar-refractivity contribution in [2.45, 2.75) is 57.5 Å². The number of hydrogen-bond acceptors (Lipinski definition) is 8. The van der Waals surface area contributed by atoms with Gasteiger partial charge in [0, 0.05) is 41.9 Å². The monoisotopic (exact) mass is 687 g/mol. The summed E-state index contributed by atoms with van der Waals surface area (Å²) in [7, 11) is -0.0633.